The molecule has 1 aromatic carbocycles. The maximum Gasteiger partial charge on any atom is 0.342 e. The SMILES string of the molecule is COc1cc(Br)ccc1C(=O)OC(C)C. The van der Waals surface area contributed by atoms with E-state index in [1.807, 2.05) is 13.8 Å². The third-order valence-corrected chi connectivity index (χ3v) is 2.22. The number of hydrogen-bond donors (Lipinski definition) is 0. The van der Waals surface area contributed by atoms with Crippen molar-refractivity contribution in [1.82, 2.24) is 0 Å². The topological polar surface area (TPSA) is 35.5 Å². The van der Waals surface area contributed by atoms with Gasteiger partial charge in [0.1, 0.15) is 11.3 Å². The van der Waals surface area contributed by atoms with Gasteiger partial charge in [-0.1, -0.05) is 15.9 Å². The molecule has 0 aliphatic rings. The summed E-state index contributed by atoms with van der Waals surface area (Å²) in [5.74, 6) is 0.143. The monoisotopic (exact) mass is 272 g/mol. The van der Waals surface area contributed by atoms with Crippen molar-refractivity contribution >= 4 is 21.9 Å². The third kappa shape index (κ3) is 3.23. The van der Waals surface area contributed by atoms with Crippen LogP contribution in [-0.2, 0) is 4.74 Å². The average Bonchev–Trinajstić information content (AvgIpc) is 2.16. The van der Waals surface area contributed by atoms with Crippen LogP contribution in [0.5, 0.6) is 5.75 Å². The van der Waals surface area contributed by atoms with Crippen molar-refractivity contribution in [3.63, 3.8) is 0 Å². The van der Waals surface area contributed by atoms with Gasteiger partial charge in [0.05, 0.1) is 13.2 Å². The van der Waals surface area contributed by atoms with Gasteiger partial charge in [-0.15, -0.1) is 0 Å². The van der Waals surface area contributed by atoms with E-state index in [4.69, 9.17) is 9.47 Å². The first-order chi connectivity index (χ1) is 7.04. The van der Waals surface area contributed by atoms with Crippen LogP contribution in [0.4, 0.5) is 0 Å². The molecular formula is C11H13BrO3. The molecule has 1 aromatic rings. The molecule has 0 radical (unpaired) electrons. The molecule has 0 N–H and O–H groups in total. The molecule has 0 amide bonds. The van der Waals surface area contributed by atoms with Gasteiger partial charge in [-0.05, 0) is 32.0 Å². The molecule has 0 spiro atoms. The van der Waals surface area contributed by atoms with Gasteiger partial charge in [0.2, 0.25) is 0 Å². The first kappa shape index (κ1) is 12.0. The molecule has 3 nitrogen and oxygen atoms in total. The van der Waals surface area contributed by atoms with E-state index in [0.717, 1.165) is 4.47 Å². The van der Waals surface area contributed by atoms with Gasteiger partial charge in [-0.2, -0.15) is 0 Å². The zero-order chi connectivity index (χ0) is 11.4. The van der Waals surface area contributed by atoms with E-state index >= 15 is 0 Å². The molecule has 0 aliphatic carbocycles. The molecule has 0 saturated carbocycles. The van der Waals surface area contributed by atoms with Gasteiger partial charge in [-0.3, -0.25) is 0 Å². The first-order valence-corrected chi connectivity index (χ1v) is 5.38. The molecule has 0 atom stereocenters. The molecule has 0 aliphatic heterocycles. The molecule has 15 heavy (non-hydrogen) atoms. The lowest BCUT2D eigenvalue weighted by molar-refractivity contribution is 0.0374. The second kappa shape index (κ2) is 5.16. The predicted molar refractivity (Wildman–Crippen MR) is 61.2 cm³/mol. The number of halogens is 1. The smallest absolute Gasteiger partial charge is 0.342 e. The Balaban J connectivity index is 2.97. The normalized spacial score (nSPS) is 10.2. The number of benzene rings is 1. The van der Waals surface area contributed by atoms with Crippen LogP contribution in [0.3, 0.4) is 0 Å². The zero-order valence-corrected chi connectivity index (χ0v) is 10.5. The molecule has 0 fully saturated rings. The van der Waals surface area contributed by atoms with E-state index < -0.39 is 0 Å². The van der Waals surface area contributed by atoms with Crippen molar-refractivity contribution in [3.05, 3.63) is 28.2 Å². The lowest BCUT2D eigenvalue weighted by atomic mass is 10.2. The second-order valence-electron chi connectivity index (χ2n) is 3.30. The Labute approximate surface area is 97.5 Å². The largest absolute Gasteiger partial charge is 0.496 e. The van der Waals surface area contributed by atoms with Crippen molar-refractivity contribution < 1.29 is 14.3 Å². The van der Waals surface area contributed by atoms with Gasteiger partial charge in [0, 0.05) is 4.47 Å². The molecule has 0 aromatic heterocycles. The Morgan fingerprint density at radius 3 is 2.60 bits per heavy atom. The summed E-state index contributed by atoms with van der Waals surface area (Å²) in [5, 5.41) is 0. The minimum atomic E-state index is -0.366. The molecule has 1 rings (SSSR count). The van der Waals surface area contributed by atoms with Gasteiger partial charge >= 0.3 is 5.97 Å². The summed E-state index contributed by atoms with van der Waals surface area (Å²) < 4.78 is 11.0. The standard InChI is InChI=1S/C11H13BrO3/c1-7(2)15-11(13)9-5-4-8(12)6-10(9)14-3/h4-7H,1-3H3. The highest BCUT2D eigenvalue weighted by atomic mass is 79.9. The highest BCUT2D eigenvalue weighted by molar-refractivity contribution is 9.10. The van der Waals surface area contributed by atoms with Crippen LogP contribution in [0, 0.1) is 0 Å². The summed E-state index contributed by atoms with van der Waals surface area (Å²) >= 11 is 3.30. The fraction of sp³-hybridized carbons (Fsp3) is 0.364. The lowest BCUT2D eigenvalue weighted by Gasteiger charge is -2.11. The van der Waals surface area contributed by atoms with E-state index in [-0.39, 0.29) is 12.1 Å². The Hall–Kier alpha value is -1.03. The number of hydrogen-bond acceptors (Lipinski definition) is 3. The summed E-state index contributed by atoms with van der Waals surface area (Å²) in [6.45, 7) is 3.62. The van der Waals surface area contributed by atoms with Crippen LogP contribution < -0.4 is 4.74 Å². The van der Waals surface area contributed by atoms with Crippen LogP contribution in [-0.4, -0.2) is 19.2 Å². The second-order valence-corrected chi connectivity index (χ2v) is 4.21. The quantitative estimate of drug-likeness (QED) is 0.794. The van der Waals surface area contributed by atoms with Gasteiger partial charge in [0.25, 0.3) is 0 Å². The first-order valence-electron chi connectivity index (χ1n) is 4.59. The van der Waals surface area contributed by atoms with Crippen molar-refractivity contribution in [2.45, 2.75) is 20.0 Å². The Bertz CT molecular complexity index is 361. The fourth-order valence-electron chi connectivity index (χ4n) is 1.11. The number of carbonyl (C=O) groups excluding carboxylic acids is 1. The maximum absolute atomic E-state index is 11.6. The highest BCUT2D eigenvalue weighted by Crippen LogP contribution is 2.24. The van der Waals surface area contributed by atoms with Crippen LogP contribution in [0.15, 0.2) is 22.7 Å². The Morgan fingerprint density at radius 1 is 1.40 bits per heavy atom. The fourth-order valence-corrected chi connectivity index (χ4v) is 1.45. The average molecular weight is 273 g/mol. The van der Waals surface area contributed by atoms with E-state index in [1.165, 1.54) is 7.11 Å². The van der Waals surface area contributed by atoms with Gasteiger partial charge < -0.3 is 9.47 Å². The number of methoxy groups -OCH3 is 1. The van der Waals surface area contributed by atoms with Crippen LogP contribution in [0.1, 0.15) is 24.2 Å². The Kier molecular flexibility index (Phi) is 4.15. The maximum atomic E-state index is 11.6. The highest BCUT2D eigenvalue weighted by Gasteiger charge is 2.14. The van der Waals surface area contributed by atoms with E-state index in [0.29, 0.717) is 11.3 Å². The van der Waals surface area contributed by atoms with Crippen LogP contribution >= 0.6 is 15.9 Å². The van der Waals surface area contributed by atoms with E-state index in [2.05, 4.69) is 15.9 Å². The van der Waals surface area contributed by atoms with E-state index in [1.54, 1.807) is 18.2 Å². The molecular weight excluding hydrogens is 260 g/mol. The molecule has 0 saturated heterocycles. The zero-order valence-electron chi connectivity index (χ0n) is 8.91. The van der Waals surface area contributed by atoms with Gasteiger partial charge in [-0.25, -0.2) is 4.79 Å². The van der Waals surface area contributed by atoms with Crippen molar-refractivity contribution in [1.29, 1.82) is 0 Å². The summed E-state index contributed by atoms with van der Waals surface area (Å²) in [7, 11) is 1.52. The molecule has 0 unspecified atom stereocenters. The Morgan fingerprint density at radius 2 is 2.07 bits per heavy atom. The summed E-state index contributed by atoms with van der Waals surface area (Å²) in [6.07, 6.45) is -0.133. The minimum absolute atomic E-state index is 0.133. The van der Waals surface area contributed by atoms with E-state index in [9.17, 15) is 4.79 Å². The summed E-state index contributed by atoms with van der Waals surface area (Å²) in [5.41, 5.74) is 0.439. The molecule has 82 valence electrons. The number of carbonyl (C=O) groups is 1. The third-order valence-electron chi connectivity index (χ3n) is 1.73. The number of esters is 1. The van der Waals surface area contributed by atoms with Crippen molar-refractivity contribution in [3.8, 4) is 5.75 Å². The van der Waals surface area contributed by atoms with Crippen LogP contribution in [0.25, 0.3) is 0 Å². The minimum Gasteiger partial charge on any atom is -0.496 e. The summed E-state index contributed by atoms with van der Waals surface area (Å²) in [4.78, 5) is 11.6. The molecule has 0 heterocycles. The number of ether oxygens (including phenoxy) is 2. The summed E-state index contributed by atoms with van der Waals surface area (Å²) in [6, 6.07) is 5.18. The van der Waals surface area contributed by atoms with Gasteiger partial charge in [0.15, 0.2) is 0 Å². The lowest BCUT2D eigenvalue weighted by Crippen LogP contribution is -2.12. The van der Waals surface area contributed by atoms with Crippen LogP contribution in [0.2, 0.25) is 0 Å². The predicted octanol–water partition coefficient (Wildman–Crippen LogP) is 3.02. The molecule has 4 heteroatoms. The van der Waals surface area contributed by atoms with Crippen molar-refractivity contribution in [2.75, 3.05) is 7.11 Å². The molecule has 0 bridgehead atoms. The number of rotatable bonds is 3. The van der Waals surface area contributed by atoms with Crippen molar-refractivity contribution in [2.24, 2.45) is 0 Å².